The van der Waals surface area contributed by atoms with E-state index in [2.05, 4.69) is 0 Å². The van der Waals surface area contributed by atoms with Crippen LogP contribution in [-0.4, -0.2) is 24.1 Å². The monoisotopic (exact) mass is 216 g/mol. The van der Waals surface area contributed by atoms with Crippen LogP contribution in [0.4, 0.5) is 0 Å². The molecule has 2 saturated heterocycles. The van der Waals surface area contributed by atoms with Gasteiger partial charge in [0.25, 0.3) is 0 Å². The number of hydrogen-bond acceptors (Lipinski definition) is 4. The maximum Gasteiger partial charge on any atom is 0.348 e. The Kier molecular flexibility index (Phi) is 1.19. The number of hydrogen-bond donors (Lipinski definition) is 0. The molecule has 0 N–H and O–H groups in total. The van der Waals surface area contributed by atoms with Gasteiger partial charge in [0.2, 0.25) is 6.10 Å². The molecule has 0 amide bonds. The second-order valence-electron chi connectivity index (χ2n) is 4.44. The van der Waals surface area contributed by atoms with Crippen LogP contribution >= 0.6 is 0 Å². The molecular formula is C12H8O4. The SMILES string of the molecule is O=C1OC2C3C1OC(=O)C23c1ccccc1. The Morgan fingerprint density at radius 3 is 2.50 bits per heavy atom. The molecule has 3 fully saturated rings. The van der Waals surface area contributed by atoms with Gasteiger partial charge >= 0.3 is 11.9 Å². The van der Waals surface area contributed by atoms with Crippen LogP contribution in [-0.2, 0) is 24.5 Å². The van der Waals surface area contributed by atoms with Gasteiger partial charge in [-0.25, -0.2) is 4.79 Å². The van der Waals surface area contributed by atoms with E-state index in [1.165, 1.54) is 0 Å². The van der Waals surface area contributed by atoms with Gasteiger partial charge in [-0.1, -0.05) is 30.3 Å². The van der Waals surface area contributed by atoms with E-state index in [0.29, 0.717) is 0 Å². The minimum atomic E-state index is -0.695. The summed E-state index contributed by atoms with van der Waals surface area (Å²) in [5.74, 6) is -0.813. The van der Waals surface area contributed by atoms with Gasteiger partial charge in [0.1, 0.15) is 11.5 Å². The van der Waals surface area contributed by atoms with Crippen molar-refractivity contribution < 1.29 is 19.1 Å². The molecule has 80 valence electrons. The highest BCUT2D eigenvalue weighted by atomic mass is 16.6. The van der Waals surface area contributed by atoms with E-state index < -0.39 is 17.5 Å². The first kappa shape index (κ1) is 8.33. The van der Waals surface area contributed by atoms with E-state index in [4.69, 9.17) is 9.47 Å². The predicted octanol–water partition coefficient (Wildman–Crippen LogP) is 0.405. The summed E-state index contributed by atoms with van der Waals surface area (Å²) in [5.41, 5.74) is 0.199. The number of rotatable bonds is 1. The fraction of sp³-hybridized carbons (Fsp3) is 0.333. The van der Waals surface area contributed by atoms with Crippen LogP contribution in [0.15, 0.2) is 30.3 Å². The molecule has 4 nitrogen and oxygen atoms in total. The van der Waals surface area contributed by atoms with Gasteiger partial charge in [-0.15, -0.1) is 0 Å². The standard InChI is InChI=1S/C12H8O4/c13-10-8-7-9(16-10)12(7,11(14)15-8)6-4-2-1-3-5-6/h1-5,7-9H. The summed E-state index contributed by atoms with van der Waals surface area (Å²) in [4.78, 5) is 23.2. The Hall–Kier alpha value is -1.84. The zero-order chi connectivity index (χ0) is 10.9. The minimum absolute atomic E-state index is 0.102. The topological polar surface area (TPSA) is 52.6 Å². The molecule has 0 radical (unpaired) electrons. The molecule has 1 aromatic carbocycles. The number of carbonyl (C=O) groups excluding carboxylic acids is 2. The maximum atomic E-state index is 11.9. The summed E-state index contributed by atoms with van der Waals surface area (Å²) in [7, 11) is 0. The molecule has 3 aliphatic rings. The van der Waals surface area contributed by atoms with Crippen molar-refractivity contribution in [2.24, 2.45) is 5.92 Å². The number of benzene rings is 1. The van der Waals surface area contributed by atoms with Gasteiger partial charge in [-0.05, 0) is 5.56 Å². The van der Waals surface area contributed by atoms with E-state index in [9.17, 15) is 9.59 Å². The average Bonchev–Trinajstić information content (AvgIpc) is 2.72. The van der Waals surface area contributed by atoms with Crippen molar-refractivity contribution in [2.45, 2.75) is 17.6 Å². The maximum absolute atomic E-state index is 11.9. The van der Waals surface area contributed by atoms with E-state index >= 15 is 0 Å². The van der Waals surface area contributed by atoms with Crippen molar-refractivity contribution in [3.8, 4) is 0 Å². The lowest BCUT2D eigenvalue weighted by molar-refractivity contribution is -0.153. The molecule has 0 bridgehead atoms. The van der Waals surface area contributed by atoms with Gasteiger partial charge in [0.05, 0.1) is 5.92 Å². The Morgan fingerprint density at radius 2 is 1.81 bits per heavy atom. The number of ether oxygens (including phenoxy) is 2. The van der Waals surface area contributed by atoms with Crippen molar-refractivity contribution in [2.75, 3.05) is 0 Å². The normalized spacial score (nSPS) is 42.6. The third-order valence-electron chi connectivity index (χ3n) is 3.82. The lowest BCUT2D eigenvalue weighted by Gasteiger charge is -2.10. The highest BCUT2D eigenvalue weighted by molar-refractivity contribution is 6.00. The van der Waals surface area contributed by atoms with Crippen molar-refractivity contribution in [1.29, 1.82) is 0 Å². The van der Waals surface area contributed by atoms with Gasteiger partial charge in [-0.3, -0.25) is 4.79 Å². The molecule has 2 heterocycles. The first-order valence-corrected chi connectivity index (χ1v) is 5.23. The Morgan fingerprint density at radius 1 is 1.06 bits per heavy atom. The third kappa shape index (κ3) is 0.653. The minimum Gasteiger partial charge on any atom is -0.458 e. The first-order valence-electron chi connectivity index (χ1n) is 5.23. The van der Waals surface area contributed by atoms with Crippen LogP contribution in [0.2, 0.25) is 0 Å². The van der Waals surface area contributed by atoms with Gasteiger partial charge < -0.3 is 9.47 Å². The van der Waals surface area contributed by atoms with Crippen molar-refractivity contribution in [3.05, 3.63) is 35.9 Å². The van der Waals surface area contributed by atoms with E-state index in [-0.39, 0.29) is 18.0 Å². The predicted molar refractivity (Wildman–Crippen MR) is 51.4 cm³/mol. The van der Waals surface area contributed by atoms with Crippen LogP contribution in [0.1, 0.15) is 5.56 Å². The average molecular weight is 216 g/mol. The Bertz CT molecular complexity index is 509. The highest BCUT2D eigenvalue weighted by Gasteiger charge is 2.86. The van der Waals surface area contributed by atoms with Crippen molar-refractivity contribution >= 4 is 11.9 Å². The molecule has 1 saturated carbocycles. The zero-order valence-corrected chi connectivity index (χ0v) is 8.25. The molecule has 0 spiro atoms. The molecule has 1 aliphatic carbocycles. The van der Waals surface area contributed by atoms with Gasteiger partial charge in [0.15, 0.2) is 0 Å². The molecular weight excluding hydrogens is 208 g/mol. The van der Waals surface area contributed by atoms with E-state index in [0.717, 1.165) is 5.56 Å². The van der Waals surface area contributed by atoms with Crippen molar-refractivity contribution in [3.63, 3.8) is 0 Å². The highest BCUT2D eigenvalue weighted by Crippen LogP contribution is 2.66. The van der Waals surface area contributed by atoms with Gasteiger partial charge in [-0.2, -0.15) is 0 Å². The zero-order valence-electron chi connectivity index (χ0n) is 8.25. The number of fused-ring (bicyclic) bond motifs is 1. The summed E-state index contributed by atoms with van der Waals surface area (Å²) < 4.78 is 10.2. The Labute approximate surface area is 91.2 Å². The molecule has 16 heavy (non-hydrogen) atoms. The first-order chi connectivity index (χ1) is 7.76. The van der Waals surface area contributed by atoms with Crippen molar-refractivity contribution in [1.82, 2.24) is 0 Å². The number of carbonyl (C=O) groups is 2. The molecule has 1 aromatic rings. The Balaban J connectivity index is 1.87. The third-order valence-corrected chi connectivity index (χ3v) is 3.82. The summed E-state index contributed by atoms with van der Waals surface area (Å²) in [6.07, 6.45) is -0.966. The second kappa shape index (κ2) is 2.29. The van der Waals surface area contributed by atoms with E-state index in [1.807, 2.05) is 30.3 Å². The summed E-state index contributed by atoms with van der Waals surface area (Å²) in [6, 6.07) is 9.41. The van der Waals surface area contributed by atoms with Gasteiger partial charge in [0, 0.05) is 0 Å². The smallest absolute Gasteiger partial charge is 0.348 e. The van der Waals surface area contributed by atoms with Crippen LogP contribution in [0.25, 0.3) is 0 Å². The quantitative estimate of drug-likeness (QED) is 0.638. The van der Waals surface area contributed by atoms with Crippen LogP contribution in [0.3, 0.4) is 0 Å². The van der Waals surface area contributed by atoms with Crippen LogP contribution in [0, 0.1) is 5.92 Å². The summed E-state index contributed by atoms with van der Waals surface area (Å²) in [6.45, 7) is 0. The van der Waals surface area contributed by atoms with Crippen LogP contribution < -0.4 is 0 Å². The number of esters is 2. The van der Waals surface area contributed by atoms with Crippen LogP contribution in [0.5, 0.6) is 0 Å². The lowest BCUT2D eigenvalue weighted by Crippen LogP contribution is -2.24. The molecule has 2 aliphatic heterocycles. The summed E-state index contributed by atoms with van der Waals surface area (Å²) >= 11 is 0. The molecule has 0 aromatic heterocycles. The summed E-state index contributed by atoms with van der Waals surface area (Å²) in [5, 5.41) is 0. The van der Waals surface area contributed by atoms with E-state index in [1.54, 1.807) is 0 Å². The molecule has 4 heteroatoms. The fourth-order valence-electron chi connectivity index (χ4n) is 3.06. The second-order valence-corrected chi connectivity index (χ2v) is 4.44. The lowest BCUT2D eigenvalue weighted by atomic mass is 9.93. The fourth-order valence-corrected chi connectivity index (χ4v) is 3.06. The molecule has 4 atom stereocenters. The largest absolute Gasteiger partial charge is 0.458 e. The molecule has 4 unspecified atom stereocenters. The molecule has 4 rings (SSSR count).